The topological polar surface area (TPSA) is 75.4 Å². The number of benzene rings is 1. The first-order valence-corrected chi connectivity index (χ1v) is 7.78. The van der Waals surface area contributed by atoms with E-state index in [-0.39, 0.29) is 11.6 Å². The van der Waals surface area contributed by atoms with Crippen LogP contribution in [0.25, 0.3) is 5.69 Å². The number of carboxylic acid groups (broad SMARTS) is 1. The van der Waals surface area contributed by atoms with Gasteiger partial charge in [-0.25, -0.2) is 9.48 Å². The Balaban J connectivity index is 1.85. The number of aliphatic carboxylic acids is 1. The first-order chi connectivity index (χ1) is 11.0. The molecule has 2 heterocycles. The van der Waals surface area contributed by atoms with E-state index in [9.17, 15) is 14.7 Å². The summed E-state index contributed by atoms with van der Waals surface area (Å²) >= 11 is 11.9. The maximum atomic E-state index is 12.5. The molecule has 1 aliphatic rings. The highest BCUT2D eigenvalue weighted by molar-refractivity contribution is 6.42. The molecule has 1 N–H and O–H groups in total. The molecular weight excluding hydrogens is 341 g/mol. The van der Waals surface area contributed by atoms with Crippen LogP contribution in [0.15, 0.2) is 30.5 Å². The summed E-state index contributed by atoms with van der Waals surface area (Å²) in [6.07, 6.45) is 2.77. The minimum Gasteiger partial charge on any atom is -0.480 e. The Labute approximate surface area is 142 Å². The van der Waals surface area contributed by atoms with E-state index in [1.807, 2.05) is 0 Å². The van der Waals surface area contributed by atoms with E-state index >= 15 is 0 Å². The second kappa shape index (κ2) is 6.22. The van der Waals surface area contributed by atoms with Crippen molar-refractivity contribution in [2.75, 3.05) is 6.54 Å². The molecule has 1 fully saturated rings. The Kier molecular flexibility index (Phi) is 4.28. The van der Waals surface area contributed by atoms with Gasteiger partial charge in [0, 0.05) is 12.7 Å². The lowest BCUT2D eigenvalue weighted by molar-refractivity contribution is -0.141. The van der Waals surface area contributed by atoms with Gasteiger partial charge in [-0.15, -0.1) is 0 Å². The molecule has 1 saturated heterocycles. The standard InChI is InChI=1S/C15H13Cl2N3O3/c16-10-4-3-9(8-11(10)17)20-7-5-12(18-20)14(21)19-6-1-2-13(19)15(22)23/h3-5,7-8,13H,1-2,6H2,(H,22,23). The predicted molar refractivity (Wildman–Crippen MR) is 85.3 cm³/mol. The monoisotopic (exact) mass is 353 g/mol. The van der Waals surface area contributed by atoms with Gasteiger partial charge in [0.2, 0.25) is 0 Å². The third kappa shape index (κ3) is 3.04. The highest BCUT2D eigenvalue weighted by Gasteiger charge is 2.35. The predicted octanol–water partition coefficient (Wildman–Crippen LogP) is 2.87. The van der Waals surface area contributed by atoms with Crippen LogP contribution in [0, 0.1) is 0 Å². The number of likely N-dealkylation sites (tertiary alicyclic amines) is 1. The van der Waals surface area contributed by atoms with E-state index in [1.54, 1.807) is 30.5 Å². The summed E-state index contributed by atoms with van der Waals surface area (Å²) in [5.41, 5.74) is 0.860. The zero-order valence-corrected chi connectivity index (χ0v) is 13.5. The first kappa shape index (κ1) is 15.8. The average Bonchev–Trinajstić information content (AvgIpc) is 3.18. The number of amides is 1. The van der Waals surface area contributed by atoms with Crippen LogP contribution in [0.2, 0.25) is 10.0 Å². The minimum atomic E-state index is -0.986. The number of carboxylic acids is 1. The third-order valence-corrected chi connectivity index (χ3v) is 4.51. The summed E-state index contributed by atoms with van der Waals surface area (Å²) in [5.74, 6) is -1.37. The Morgan fingerprint density at radius 1 is 1.22 bits per heavy atom. The molecule has 3 rings (SSSR count). The molecule has 120 valence electrons. The van der Waals surface area contributed by atoms with Gasteiger partial charge in [0.15, 0.2) is 5.69 Å². The van der Waals surface area contributed by atoms with Crippen LogP contribution in [0.4, 0.5) is 0 Å². The fourth-order valence-electron chi connectivity index (χ4n) is 2.62. The molecule has 23 heavy (non-hydrogen) atoms. The van der Waals surface area contributed by atoms with Crippen molar-refractivity contribution in [1.29, 1.82) is 0 Å². The number of carbonyl (C=O) groups is 2. The van der Waals surface area contributed by atoms with Crippen molar-refractivity contribution in [3.8, 4) is 5.69 Å². The van der Waals surface area contributed by atoms with E-state index in [0.717, 1.165) is 0 Å². The highest BCUT2D eigenvalue weighted by atomic mass is 35.5. The molecule has 1 aromatic heterocycles. The molecule has 2 aromatic rings. The molecule has 0 spiro atoms. The van der Waals surface area contributed by atoms with Crippen LogP contribution in [0.1, 0.15) is 23.3 Å². The lowest BCUT2D eigenvalue weighted by atomic mass is 10.2. The quantitative estimate of drug-likeness (QED) is 0.920. The van der Waals surface area contributed by atoms with Crippen LogP contribution in [0.5, 0.6) is 0 Å². The molecule has 1 atom stereocenters. The zero-order chi connectivity index (χ0) is 16.6. The molecule has 1 aromatic carbocycles. The Bertz CT molecular complexity index is 775. The molecular formula is C15H13Cl2N3O3. The van der Waals surface area contributed by atoms with Gasteiger partial charge in [-0.3, -0.25) is 4.79 Å². The van der Waals surface area contributed by atoms with Gasteiger partial charge in [-0.05, 0) is 37.1 Å². The van der Waals surface area contributed by atoms with Gasteiger partial charge in [0.05, 0.1) is 15.7 Å². The van der Waals surface area contributed by atoms with Gasteiger partial charge in [-0.1, -0.05) is 23.2 Å². The molecule has 0 radical (unpaired) electrons. The molecule has 1 unspecified atom stereocenters. The van der Waals surface area contributed by atoms with Crippen molar-refractivity contribution >= 4 is 35.1 Å². The van der Waals surface area contributed by atoms with Crippen LogP contribution in [-0.2, 0) is 4.79 Å². The number of rotatable bonds is 3. The Morgan fingerprint density at radius 2 is 2.00 bits per heavy atom. The number of aromatic nitrogens is 2. The Hall–Kier alpha value is -2.05. The van der Waals surface area contributed by atoms with Gasteiger partial charge in [0.25, 0.3) is 5.91 Å². The van der Waals surface area contributed by atoms with Crippen LogP contribution < -0.4 is 0 Å². The lowest BCUT2D eigenvalue weighted by Crippen LogP contribution is -2.40. The molecule has 0 bridgehead atoms. The Morgan fingerprint density at radius 3 is 2.70 bits per heavy atom. The zero-order valence-electron chi connectivity index (χ0n) is 11.9. The maximum absolute atomic E-state index is 12.5. The van der Waals surface area contributed by atoms with Crippen LogP contribution in [0.3, 0.4) is 0 Å². The number of hydrogen-bond donors (Lipinski definition) is 1. The van der Waals surface area contributed by atoms with Crippen molar-refractivity contribution in [2.45, 2.75) is 18.9 Å². The normalized spacial score (nSPS) is 17.5. The van der Waals surface area contributed by atoms with E-state index in [1.165, 1.54) is 9.58 Å². The van der Waals surface area contributed by atoms with Crippen molar-refractivity contribution in [3.63, 3.8) is 0 Å². The van der Waals surface area contributed by atoms with Gasteiger partial charge in [-0.2, -0.15) is 5.10 Å². The summed E-state index contributed by atoms with van der Waals surface area (Å²) < 4.78 is 1.50. The van der Waals surface area contributed by atoms with Gasteiger partial charge in [0.1, 0.15) is 6.04 Å². The fourth-order valence-corrected chi connectivity index (χ4v) is 2.92. The highest BCUT2D eigenvalue weighted by Crippen LogP contribution is 2.25. The van der Waals surface area contributed by atoms with Crippen molar-refractivity contribution in [1.82, 2.24) is 14.7 Å². The summed E-state index contributed by atoms with van der Waals surface area (Å²) in [7, 11) is 0. The molecule has 8 heteroatoms. The van der Waals surface area contributed by atoms with Crippen LogP contribution in [-0.4, -0.2) is 44.3 Å². The van der Waals surface area contributed by atoms with Gasteiger partial charge < -0.3 is 10.0 Å². The summed E-state index contributed by atoms with van der Waals surface area (Å²) in [6, 6.07) is 5.79. The summed E-state index contributed by atoms with van der Waals surface area (Å²) in [5, 5.41) is 14.2. The second-order valence-corrected chi connectivity index (χ2v) is 6.05. The van der Waals surface area contributed by atoms with E-state index in [0.29, 0.717) is 35.1 Å². The van der Waals surface area contributed by atoms with Crippen molar-refractivity contribution in [3.05, 3.63) is 46.2 Å². The number of carbonyl (C=O) groups excluding carboxylic acids is 1. The van der Waals surface area contributed by atoms with E-state index in [2.05, 4.69) is 5.10 Å². The smallest absolute Gasteiger partial charge is 0.326 e. The van der Waals surface area contributed by atoms with Gasteiger partial charge >= 0.3 is 5.97 Å². The van der Waals surface area contributed by atoms with E-state index in [4.69, 9.17) is 23.2 Å². The average molecular weight is 354 g/mol. The minimum absolute atomic E-state index is 0.198. The molecule has 6 nitrogen and oxygen atoms in total. The number of hydrogen-bond acceptors (Lipinski definition) is 3. The van der Waals surface area contributed by atoms with Crippen molar-refractivity contribution < 1.29 is 14.7 Å². The third-order valence-electron chi connectivity index (χ3n) is 3.77. The van der Waals surface area contributed by atoms with Crippen molar-refractivity contribution in [2.24, 2.45) is 0 Å². The summed E-state index contributed by atoms with van der Waals surface area (Å²) in [4.78, 5) is 25.0. The molecule has 0 saturated carbocycles. The molecule has 0 aliphatic carbocycles. The second-order valence-electron chi connectivity index (χ2n) is 5.24. The number of halogens is 2. The summed E-state index contributed by atoms with van der Waals surface area (Å²) in [6.45, 7) is 0.426. The largest absolute Gasteiger partial charge is 0.480 e. The first-order valence-electron chi connectivity index (χ1n) is 7.02. The molecule has 1 aliphatic heterocycles. The fraction of sp³-hybridized carbons (Fsp3) is 0.267. The van der Waals surface area contributed by atoms with E-state index < -0.39 is 12.0 Å². The van der Waals surface area contributed by atoms with Crippen LogP contribution >= 0.6 is 23.2 Å². The lowest BCUT2D eigenvalue weighted by Gasteiger charge is -2.20. The molecule has 1 amide bonds. The maximum Gasteiger partial charge on any atom is 0.326 e. The number of nitrogens with zero attached hydrogens (tertiary/aromatic N) is 3. The SMILES string of the molecule is O=C(O)C1CCCN1C(=O)c1ccn(-c2ccc(Cl)c(Cl)c2)n1.